The molecule has 110 valence electrons. The maximum Gasteiger partial charge on any atom is 0.417 e. The number of fused-ring (bicyclic) bond motifs is 1. The molecule has 0 spiro atoms. The van der Waals surface area contributed by atoms with Crippen LogP contribution in [-0.2, 0) is 6.18 Å². The molecule has 0 N–H and O–H groups in total. The molecule has 3 rings (SSSR count). The van der Waals surface area contributed by atoms with Crippen LogP contribution < -0.4 is 4.90 Å². The van der Waals surface area contributed by atoms with Crippen molar-refractivity contribution in [2.45, 2.75) is 44.8 Å². The van der Waals surface area contributed by atoms with Gasteiger partial charge in [-0.25, -0.2) is 4.98 Å². The van der Waals surface area contributed by atoms with E-state index in [4.69, 9.17) is 0 Å². The van der Waals surface area contributed by atoms with E-state index < -0.39 is 11.7 Å². The highest BCUT2D eigenvalue weighted by Crippen LogP contribution is 2.41. The molecule has 1 aliphatic heterocycles. The first kappa shape index (κ1) is 13.7. The Labute approximate surface area is 117 Å². The molecule has 1 aromatic heterocycles. The number of halogens is 3. The Morgan fingerprint density at radius 2 is 1.95 bits per heavy atom. The van der Waals surface area contributed by atoms with Gasteiger partial charge >= 0.3 is 6.18 Å². The Morgan fingerprint density at radius 1 is 1.20 bits per heavy atom. The summed E-state index contributed by atoms with van der Waals surface area (Å²) in [6.45, 7) is 3.15. The number of anilines is 1. The third-order valence-corrected chi connectivity index (χ3v) is 4.77. The summed E-state index contributed by atoms with van der Waals surface area (Å²) in [7, 11) is 0. The van der Waals surface area contributed by atoms with Crippen molar-refractivity contribution >= 4 is 5.82 Å². The SMILES string of the molecule is CC1CN(c2ccc(C(F)(F)F)cn2)C2CCCCC12. The van der Waals surface area contributed by atoms with E-state index in [1.165, 1.54) is 25.3 Å². The van der Waals surface area contributed by atoms with Crippen molar-refractivity contribution in [3.63, 3.8) is 0 Å². The van der Waals surface area contributed by atoms with Gasteiger partial charge in [-0.2, -0.15) is 13.2 Å². The molecule has 1 aromatic rings. The monoisotopic (exact) mass is 284 g/mol. The first-order valence-electron chi connectivity index (χ1n) is 7.26. The average Bonchev–Trinajstić information content (AvgIpc) is 2.76. The molecule has 20 heavy (non-hydrogen) atoms. The molecule has 0 amide bonds. The second-order valence-electron chi connectivity index (χ2n) is 6.05. The highest BCUT2D eigenvalue weighted by Gasteiger charge is 2.41. The van der Waals surface area contributed by atoms with E-state index in [2.05, 4.69) is 16.8 Å². The minimum atomic E-state index is -4.31. The summed E-state index contributed by atoms with van der Waals surface area (Å²) in [5.41, 5.74) is -0.673. The van der Waals surface area contributed by atoms with Gasteiger partial charge < -0.3 is 4.90 Å². The standard InChI is InChI=1S/C15H19F3N2/c1-10-9-20(13-5-3-2-4-12(10)13)14-7-6-11(8-19-14)15(16,17)18/h6-8,10,12-13H,2-5,9H2,1H3. The second-order valence-corrected chi connectivity index (χ2v) is 6.05. The number of hydrogen-bond donors (Lipinski definition) is 0. The second kappa shape index (κ2) is 4.93. The van der Waals surface area contributed by atoms with Crippen molar-refractivity contribution in [1.29, 1.82) is 0 Å². The van der Waals surface area contributed by atoms with Crippen LogP contribution in [0.3, 0.4) is 0 Å². The molecule has 0 bridgehead atoms. The lowest BCUT2D eigenvalue weighted by atomic mass is 9.80. The number of alkyl halides is 3. The van der Waals surface area contributed by atoms with Crippen molar-refractivity contribution in [3.05, 3.63) is 23.9 Å². The normalized spacial score (nSPS) is 30.4. The number of pyridine rings is 1. The minimum absolute atomic E-state index is 0.461. The molecular weight excluding hydrogens is 265 g/mol. The molecular formula is C15H19F3N2. The molecule has 1 saturated heterocycles. The number of hydrogen-bond acceptors (Lipinski definition) is 2. The molecule has 0 aromatic carbocycles. The lowest BCUT2D eigenvalue weighted by Crippen LogP contribution is -2.35. The molecule has 0 radical (unpaired) electrons. The molecule has 3 atom stereocenters. The maximum absolute atomic E-state index is 12.6. The number of aromatic nitrogens is 1. The molecule has 1 aliphatic carbocycles. The van der Waals surface area contributed by atoms with Crippen LogP contribution in [0.1, 0.15) is 38.2 Å². The predicted octanol–water partition coefficient (Wildman–Crippen LogP) is 4.12. The van der Waals surface area contributed by atoms with E-state index in [0.717, 1.165) is 25.2 Å². The summed E-state index contributed by atoms with van der Waals surface area (Å²) in [6.07, 6.45) is 1.51. The van der Waals surface area contributed by atoms with Crippen molar-refractivity contribution in [3.8, 4) is 0 Å². The summed E-state index contributed by atoms with van der Waals surface area (Å²) in [5, 5.41) is 0. The van der Waals surface area contributed by atoms with E-state index in [0.29, 0.717) is 23.7 Å². The van der Waals surface area contributed by atoms with E-state index in [1.54, 1.807) is 0 Å². The van der Waals surface area contributed by atoms with E-state index in [9.17, 15) is 13.2 Å². The average molecular weight is 284 g/mol. The zero-order valence-electron chi connectivity index (χ0n) is 11.5. The third kappa shape index (κ3) is 2.38. The Balaban J connectivity index is 1.82. The van der Waals surface area contributed by atoms with Gasteiger partial charge in [0.25, 0.3) is 0 Å². The molecule has 2 nitrogen and oxygen atoms in total. The van der Waals surface area contributed by atoms with E-state index in [1.807, 2.05) is 0 Å². The summed E-state index contributed by atoms with van der Waals surface area (Å²) < 4.78 is 37.7. The van der Waals surface area contributed by atoms with Gasteiger partial charge in [0, 0.05) is 18.8 Å². The topological polar surface area (TPSA) is 16.1 Å². The van der Waals surface area contributed by atoms with Crippen LogP contribution in [0.4, 0.5) is 19.0 Å². The highest BCUT2D eigenvalue weighted by molar-refractivity contribution is 5.43. The number of rotatable bonds is 1. The molecule has 2 heterocycles. The number of nitrogens with zero attached hydrogens (tertiary/aromatic N) is 2. The Hall–Kier alpha value is -1.26. The lowest BCUT2D eigenvalue weighted by Gasteiger charge is -2.32. The van der Waals surface area contributed by atoms with Crippen molar-refractivity contribution in [2.75, 3.05) is 11.4 Å². The lowest BCUT2D eigenvalue weighted by molar-refractivity contribution is -0.137. The largest absolute Gasteiger partial charge is 0.417 e. The van der Waals surface area contributed by atoms with E-state index in [-0.39, 0.29) is 0 Å². The third-order valence-electron chi connectivity index (χ3n) is 4.77. The van der Waals surface area contributed by atoms with Gasteiger partial charge in [0.1, 0.15) is 5.82 Å². The fourth-order valence-electron chi connectivity index (χ4n) is 3.76. The minimum Gasteiger partial charge on any atom is -0.353 e. The Kier molecular flexibility index (Phi) is 3.38. The van der Waals surface area contributed by atoms with Crippen LogP contribution >= 0.6 is 0 Å². The first-order valence-corrected chi connectivity index (χ1v) is 7.26. The zero-order valence-corrected chi connectivity index (χ0v) is 11.5. The predicted molar refractivity (Wildman–Crippen MR) is 71.5 cm³/mol. The molecule has 2 aliphatic rings. The van der Waals surface area contributed by atoms with Gasteiger partial charge in [0.05, 0.1) is 5.56 Å². The van der Waals surface area contributed by atoms with Crippen LogP contribution in [-0.4, -0.2) is 17.6 Å². The van der Waals surface area contributed by atoms with Gasteiger partial charge in [-0.05, 0) is 36.8 Å². The fraction of sp³-hybridized carbons (Fsp3) is 0.667. The summed E-state index contributed by atoms with van der Waals surface area (Å²) in [4.78, 5) is 6.28. The van der Waals surface area contributed by atoms with Gasteiger partial charge in [0.2, 0.25) is 0 Å². The first-order chi connectivity index (χ1) is 9.47. The van der Waals surface area contributed by atoms with Crippen molar-refractivity contribution in [1.82, 2.24) is 4.98 Å². The summed E-state index contributed by atoms with van der Waals surface area (Å²) >= 11 is 0. The van der Waals surface area contributed by atoms with Gasteiger partial charge in [-0.3, -0.25) is 0 Å². The Bertz CT molecular complexity index is 469. The molecule has 1 saturated carbocycles. The van der Waals surface area contributed by atoms with Crippen LogP contribution in [0.5, 0.6) is 0 Å². The van der Waals surface area contributed by atoms with Crippen LogP contribution in [0, 0.1) is 11.8 Å². The Morgan fingerprint density at radius 3 is 2.60 bits per heavy atom. The zero-order chi connectivity index (χ0) is 14.3. The summed E-state index contributed by atoms with van der Waals surface area (Å²) in [6, 6.07) is 3.12. The van der Waals surface area contributed by atoms with Gasteiger partial charge in [0.15, 0.2) is 0 Å². The quantitative estimate of drug-likeness (QED) is 0.771. The molecule has 5 heteroatoms. The fourth-order valence-corrected chi connectivity index (χ4v) is 3.76. The van der Waals surface area contributed by atoms with Crippen LogP contribution in [0.25, 0.3) is 0 Å². The van der Waals surface area contributed by atoms with Crippen molar-refractivity contribution < 1.29 is 13.2 Å². The van der Waals surface area contributed by atoms with Crippen LogP contribution in [0.2, 0.25) is 0 Å². The van der Waals surface area contributed by atoms with Gasteiger partial charge in [-0.1, -0.05) is 19.8 Å². The highest BCUT2D eigenvalue weighted by atomic mass is 19.4. The smallest absolute Gasteiger partial charge is 0.353 e. The van der Waals surface area contributed by atoms with Crippen LogP contribution in [0.15, 0.2) is 18.3 Å². The van der Waals surface area contributed by atoms with E-state index >= 15 is 0 Å². The summed E-state index contributed by atoms with van der Waals surface area (Å²) in [5.74, 6) is 1.97. The van der Waals surface area contributed by atoms with Gasteiger partial charge in [-0.15, -0.1) is 0 Å². The van der Waals surface area contributed by atoms with Crippen molar-refractivity contribution in [2.24, 2.45) is 11.8 Å². The maximum atomic E-state index is 12.6. The molecule has 3 unspecified atom stereocenters. The molecule has 2 fully saturated rings.